The van der Waals surface area contributed by atoms with Crippen molar-refractivity contribution in [2.75, 3.05) is 30.9 Å². The standard InChI is InChI=1S/C23H24FN5O4S/c1-13-4-3-5-16(12-13)29(23(32)20-17(25)18(21(26)30)28-34-20)19(22(31)27-10-11-33-2)14-6-8-15(24)9-7-14/h3-9,12,19H,10-11,25H2,1-2H3,(H2,26,30)(H,27,31)/t19-/m1/s1. The van der Waals surface area contributed by atoms with Crippen LogP contribution < -0.4 is 21.7 Å². The number of carbonyl (C=O) groups is 3. The highest BCUT2D eigenvalue weighted by molar-refractivity contribution is 7.09. The summed E-state index contributed by atoms with van der Waals surface area (Å²) in [5, 5.41) is 2.74. The Morgan fingerprint density at radius 3 is 2.50 bits per heavy atom. The van der Waals surface area contributed by atoms with Gasteiger partial charge in [-0.05, 0) is 53.8 Å². The summed E-state index contributed by atoms with van der Waals surface area (Å²) >= 11 is 0.709. The molecule has 5 N–H and O–H groups in total. The van der Waals surface area contributed by atoms with E-state index in [1.54, 1.807) is 18.2 Å². The van der Waals surface area contributed by atoms with Crippen LogP contribution in [0, 0.1) is 12.7 Å². The largest absolute Gasteiger partial charge is 0.395 e. The van der Waals surface area contributed by atoms with Crippen LogP contribution in [0.1, 0.15) is 37.3 Å². The van der Waals surface area contributed by atoms with E-state index in [0.29, 0.717) is 22.8 Å². The van der Waals surface area contributed by atoms with Crippen molar-refractivity contribution in [2.24, 2.45) is 5.73 Å². The maximum Gasteiger partial charge on any atom is 0.273 e. The number of hydrogen-bond acceptors (Lipinski definition) is 7. The molecular formula is C23H24FN5O4S. The van der Waals surface area contributed by atoms with Crippen molar-refractivity contribution in [3.8, 4) is 0 Å². The first kappa shape index (κ1) is 24.8. The number of methoxy groups -OCH3 is 1. The van der Waals surface area contributed by atoms with Gasteiger partial charge in [0.2, 0.25) is 5.91 Å². The third-order valence-corrected chi connectivity index (χ3v) is 5.80. The topological polar surface area (TPSA) is 141 Å². The van der Waals surface area contributed by atoms with Crippen LogP contribution >= 0.6 is 11.5 Å². The first-order valence-electron chi connectivity index (χ1n) is 10.2. The molecule has 3 aromatic rings. The molecule has 11 heteroatoms. The number of anilines is 2. The zero-order valence-corrected chi connectivity index (χ0v) is 19.4. The fraction of sp³-hybridized carbons (Fsp3) is 0.217. The molecule has 0 unspecified atom stereocenters. The Kier molecular flexibility index (Phi) is 7.92. The van der Waals surface area contributed by atoms with E-state index in [0.717, 1.165) is 5.56 Å². The second-order valence-electron chi connectivity index (χ2n) is 7.39. The molecule has 3 rings (SSSR count). The number of nitrogens with two attached hydrogens (primary N) is 2. The van der Waals surface area contributed by atoms with Gasteiger partial charge in [-0.25, -0.2) is 4.39 Å². The van der Waals surface area contributed by atoms with E-state index < -0.39 is 29.6 Å². The summed E-state index contributed by atoms with van der Waals surface area (Å²) in [4.78, 5) is 40.0. The van der Waals surface area contributed by atoms with Gasteiger partial charge < -0.3 is 21.5 Å². The minimum atomic E-state index is -1.19. The van der Waals surface area contributed by atoms with Gasteiger partial charge in [0.1, 0.15) is 16.7 Å². The maximum absolute atomic E-state index is 13.8. The number of ether oxygens (including phenoxy) is 1. The Morgan fingerprint density at radius 1 is 1.21 bits per heavy atom. The molecule has 1 heterocycles. The lowest BCUT2D eigenvalue weighted by Gasteiger charge is -2.31. The first-order valence-corrected chi connectivity index (χ1v) is 11.0. The molecular weight excluding hydrogens is 461 g/mol. The Hall–Kier alpha value is -3.83. The van der Waals surface area contributed by atoms with Crippen LogP contribution in [0.4, 0.5) is 15.8 Å². The molecule has 34 heavy (non-hydrogen) atoms. The van der Waals surface area contributed by atoms with Crippen LogP contribution in [0.3, 0.4) is 0 Å². The highest BCUT2D eigenvalue weighted by atomic mass is 32.1. The summed E-state index contributed by atoms with van der Waals surface area (Å²) in [6, 6.07) is 11.0. The van der Waals surface area contributed by atoms with Gasteiger partial charge in [0.05, 0.1) is 12.3 Å². The number of benzene rings is 2. The SMILES string of the molecule is COCCNC(=O)[C@@H](c1ccc(F)cc1)N(C(=O)c1snc(C(N)=O)c1N)c1cccc(C)c1. The zero-order valence-electron chi connectivity index (χ0n) is 18.6. The molecule has 9 nitrogen and oxygen atoms in total. The average Bonchev–Trinajstić information content (AvgIpc) is 3.19. The van der Waals surface area contributed by atoms with Crippen molar-refractivity contribution in [1.29, 1.82) is 0 Å². The number of carbonyl (C=O) groups excluding carboxylic acids is 3. The molecule has 0 spiro atoms. The third kappa shape index (κ3) is 5.38. The normalized spacial score (nSPS) is 11.6. The summed E-state index contributed by atoms with van der Waals surface area (Å²) < 4.78 is 22.6. The number of primary amides is 1. The number of aromatic nitrogens is 1. The number of halogens is 1. The van der Waals surface area contributed by atoms with Crippen molar-refractivity contribution < 1.29 is 23.5 Å². The van der Waals surface area contributed by atoms with E-state index in [-0.39, 0.29) is 29.4 Å². The molecule has 3 amide bonds. The van der Waals surface area contributed by atoms with E-state index in [4.69, 9.17) is 16.2 Å². The van der Waals surface area contributed by atoms with Crippen LogP contribution in [-0.4, -0.2) is 42.4 Å². The second kappa shape index (κ2) is 10.9. The monoisotopic (exact) mass is 485 g/mol. The Bertz CT molecular complexity index is 1200. The van der Waals surface area contributed by atoms with Crippen molar-refractivity contribution in [2.45, 2.75) is 13.0 Å². The number of nitrogen functional groups attached to an aromatic ring is 1. The summed E-state index contributed by atoms with van der Waals surface area (Å²) in [5.74, 6) is -2.54. The van der Waals surface area contributed by atoms with E-state index in [9.17, 15) is 18.8 Å². The fourth-order valence-electron chi connectivity index (χ4n) is 3.34. The number of nitrogens with zero attached hydrogens (tertiary/aromatic N) is 2. The zero-order chi connectivity index (χ0) is 24.8. The van der Waals surface area contributed by atoms with E-state index in [1.807, 2.05) is 13.0 Å². The van der Waals surface area contributed by atoms with Crippen LogP contribution in [-0.2, 0) is 9.53 Å². The van der Waals surface area contributed by atoms with Gasteiger partial charge in [0.15, 0.2) is 5.69 Å². The van der Waals surface area contributed by atoms with Crippen molar-refractivity contribution in [1.82, 2.24) is 9.69 Å². The molecule has 0 aliphatic heterocycles. The lowest BCUT2D eigenvalue weighted by atomic mass is 10.0. The van der Waals surface area contributed by atoms with Crippen LogP contribution in [0.25, 0.3) is 0 Å². The average molecular weight is 486 g/mol. The molecule has 0 saturated heterocycles. The Morgan fingerprint density at radius 2 is 1.91 bits per heavy atom. The van der Waals surface area contributed by atoms with E-state index in [2.05, 4.69) is 9.69 Å². The minimum Gasteiger partial charge on any atom is -0.395 e. The molecule has 0 bridgehead atoms. The summed E-state index contributed by atoms with van der Waals surface area (Å²) in [5.41, 5.74) is 12.5. The van der Waals surface area contributed by atoms with Gasteiger partial charge in [-0.15, -0.1) is 0 Å². The molecule has 0 radical (unpaired) electrons. The lowest BCUT2D eigenvalue weighted by Crippen LogP contribution is -2.44. The Labute approximate surface area is 199 Å². The highest BCUT2D eigenvalue weighted by Crippen LogP contribution is 2.33. The van der Waals surface area contributed by atoms with Gasteiger partial charge in [-0.3, -0.25) is 19.3 Å². The predicted octanol–water partition coefficient (Wildman–Crippen LogP) is 2.42. The van der Waals surface area contributed by atoms with Gasteiger partial charge >= 0.3 is 0 Å². The molecule has 0 saturated carbocycles. The number of nitrogens with one attached hydrogen (secondary N) is 1. The van der Waals surface area contributed by atoms with Crippen molar-refractivity contribution >= 4 is 40.6 Å². The van der Waals surface area contributed by atoms with Crippen LogP contribution in [0.5, 0.6) is 0 Å². The van der Waals surface area contributed by atoms with Crippen molar-refractivity contribution in [3.63, 3.8) is 0 Å². The van der Waals surface area contributed by atoms with E-state index in [1.165, 1.54) is 36.3 Å². The molecule has 1 atom stereocenters. The number of rotatable bonds is 9. The maximum atomic E-state index is 13.8. The predicted molar refractivity (Wildman–Crippen MR) is 127 cm³/mol. The molecule has 178 valence electrons. The summed E-state index contributed by atoms with van der Waals surface area (Å²) in [7, 11) is 1.50. The number of hydrogen-bond donors (Lipinski definition) is 3. The van der Waals surface area contributed by atoms with Crippen LogP contribution in [0.15, 0.2) is 48.5 Å². The third-order valence-electron chi connectivity index (χ3n) is 4.95. The smallest absolute Gasteiger partial charge is 0.273 e. The molecule has 2 aromatic carbocycles. The minimum absolute atomic E-state index is 0.0490. The van der Waals surface area contributed by atoms with Gasteiger partial charge in [0.25, 0.3) is 11.8 Å². The van der Waals surface area contributed by atoms with Gasteiger partial charge in [-0.2, -0.15) is 4.37 Å². The summed E-state index contributed by atoms with van der Waals surface area (Å²) in [6.07, 6.45) is 0. The highest BCUT2D eigenvalue weighted by Gasteiger charge is 2.36. The van der Waals surface area contributed by atoms with E-state index >= 15 is 0 Å². The fourth-order valence-corrected chi connectivity index (χ4v) is 4.08. The molecule has 0 fully saturated rings. The Balaban J connectivity index is 2.17. The van der Waals surface area contributed by atoms with Gasteiger partial charge in [-0.1, -0.05) is 24.3 Å². The summed E-state index contributed by atoms with van der Waals surface area (Å²) in [6.45, 7) is 2.28. The molecule has 1 aromatic heterocycles. The number of amides is 3. The second-order valence-corrected chi connectivity index (χ2v) is 8.16. The first-order chi connectivity index (χ1) is 16.2. The molecule has 0 aliphatic carbocycles. The number of aryl methyl sites for hydroxylation is 1. The quantitative estimate of drug-likeness (QED) is 0.398. The van der Waals surface area contributed by atoms with Gasteiger partial charge in [0, 0.05) is 19.3 Å². The lowest BCUT2D eigenvalue weighted by molar-refractivity contribution is -0.122. The molecule has 0 aliphatic rings. The van der Waals surface area contributed by atoms with Crippen LogP contribution in [0.2, 0.25) is 0 Å². The van der Waals surface area contributed by atoms with Crippen molar-refractivity contribution in [3.05, 3.63) is 76.0 Å².